The minimum absolute atomic E-state index is 0.253. The molecule has 0 aliphatic carbocycles. The highest BCUT2D eigenvalue weighted by atomic mass is 16.5. The molecule has 2 heterocycles. The van der Waals surface area contributed by atoms with Gasteiger partial charge in [0.25, 0.3) is 0 Å². The molecule has 0 radical (unpaired) electrons. The van der Waals surface area contributed by atoms with Gasteiger partial charge < -0.3 is 19.2 Å². The smallest absolute Gasteiger partial charge is 0.135 e. The molecule has 9 aromatic rings. The first-order valence-corrected chi connectivity index (χ1v) is 17.4. The van der Waals surface area contributed by atoms with Crippen molar-refractivity contribution < 1.29 is 14.3 Å². The highest BCUT2D eigenvalue weighted by Gasteiger charge is 2.23. The van der Waals surface area contributed by atoms with Gasteiger partial charge in [0, 0.05) is 44.5 Å². The molecule has 0 amide bonds. The summed E-state index contributed by atoms with van der Waals surface area (Å²) in [6, 6.07) is 62.1. The molecule has 0 saturated heterocycles. The lowest BCUT2D eigenvalue weighted by Gasteiger charge is -2.27. The summed E-state index contributed by atoms with van der Waals surface area (Å²) in [5.41, 5.74) is 12.8. The number of furan rings is 1. The summed E-state index contributed by atoms with van der Waals surface area (Å²) in [4.78, 5) is 2.30. The summed E-state index contributed by atoms with van der Waals surface area (Å²) in [6.45, 7) is 0. The van der Waals surface area contributed by atoms with Crippen LogP contribution < -0.4 is 9.64 Å². The third-order valence-electron chi connectivity index (χ3n) is 9.99. The quantitative estimate of drug-likeness (QED) is 0.198. The van der Waals surface area contributed by atoms with Crippen LogP contribution in [-0.2, 0) is 0 Å². The number of benzene rings is 8. The predicted molar refractivity (Wildman–Crippen MR) is 212 cm³/mol. The Bertz CT molecular complexity index is 2810. The lowest BCUT2D eigenvalue weighted by molar-refractivity contribution is 0.477. The first kappa shape index (κ1) is 29.8. The largest absolute Gasteiger partial charge is 0.507 e. The molecule has 10 rings (SSSR count). The zero-order valence-corrected chi connectivity index (χ0v) is 28.0. The second kappa shape index (κ2) is 12.1. The van der Waals surface area contributed by atoms with Crippen LogP contribution >= 0.6 is 0 Å². The maximum atomic E-state index is 10.8. The highest BCUT2D eigenvalue weighted by Crippen LogP contribution is 2.49. The third-order valence-corrected chi connectivity index (χ3v) is 9.99. The Hall–Kier alpha value is -7.04. The Morgan fingerprint density at radius 3 is 1.77 bits per heavy atom. The first-order valence-electron chi connectivity index (χ1n) is 17.4. The van der Waals surface area contributed by atoms with E-state index in [9.17, 15) is 5.11 Å². The molecule has 8 aromatic carbocycles. The number of phenols is 1. The fourth-order valence-electron chi connectivity index (χ4n) is 7.59. The molecule has 246 valence electrons. The Labute approximate surface area is 301 Å². The monoisotopic (exact) mass is 669 g/mol. The summed E-state index contributed by atoms with van der Waals surface area (Å²) >= 11 is 0. The Morgan fingerprint density at radius 2 is 0.942 bits per heavy atom. The van der Waals surface area contributed by atoms with Crippen LogP contribution in [0.1, 0.15) is 0 Å². The number of hydrogen-bond donors (Lipinski definition) is 1. The first-order chi connectivity index (χ1) is 25.7. The van der Waals surface area contributed by atoms with Gasteiger partial charge in [-0.3, -0.25) is 0 Å². The van der Waals surface area contributed by atoms with E-state index in [0.717, 1.165) is 95.0 Å². The van der Waals surface area contributed by atoms with E-state index in [1.807, 2.05) is 54.6 Å². The second-order valence-electron chi connectivity index (χ2n) is 13.1. The molecule has 0 atom stereocenters. The summed E-state index contributed by atoms with van der Waals surface area (Å²) in [5.74, 6) is 1.90. The molecule has 1 aliphatic rings. The van der Waals surface area contributed by atoms with Gasteiger partial charge in [-0.05, 0) is 94.5 Å². The van der Waals surface area contributed by atoms with Crippen molar-refractivity contribution in [1.29, 1.82) is 0 Å². The SMILES string of the molecule is Oc1ccccc1-c1ccccc1-c1cccc(N(c2ccc3c(c2)-c2ccccc2-c2ccccc2O3)c2ccc3oc4ccccc4c3c2)c1. The average Bonchev–Trinajstić information content (AvgIpc) is 3.50. The van der Waals surface area contributed by atoms with Crippen molar-refractivity contribution in [1.82, 2.24) is 0 Å². The summed E-state index contributed by atoms with van der Waals surface area (Å²) in [7, 11) is 0. The van der Waals surface area contributed by atoms with E-state index in [0.29, 0.717) is 0 Å². The van der Waals surface area contributed by atoms with E-state index < -0.39 is 0 Å². The Morgan fingerprint density at radius 1 is 0.365 bits per heavy atom. The molecule has 4 nitrogen and oxygen atoms in total. The van der Waals surface area contributed by atoms with Crippen LogP contribution in [0.3, 0.4) is 0 Å². The Kier molecular flexibility index (Phi) is 6.93. The molecule has 1 aromatic heterocycles. The van der Waals surface area contributed by atoms with E-state index in [-0.39, 0.29) is 5.75 Å². The molecule has 1 N–H and O–H groups in total. The van der Waals surface area contributed by atoms with Crippen LogP contribution in [-0.4, -0.2) is 5.11 Å². The number of para-hydroxylation sites is 3. The number of nitrogens with zero attached hydrogens (tertiary/aromatic N) is 1. The van der Waals surface area contributed by atoms with Gasteiger partial charge in [0.2, 0.25) is 0 Å². The molecule has 4 heteroatoms. The fourth-order valence-corrected chi connectivity index (χ4v) is 7.59. The maximum absolute atomic E-state index is 10.8. The number of phenolic OH excluding ortho intramolecular Hbond substituents is 1. The van der Waals surface area contributed by atoms with Crippen LogP contribution in [0.25, 0.3) is 66.4 Å². The lowest BCUT2D eigenvalue weighted by Crippen LogP contribution is -2.10. The molecule has 0 spiro atoms. The zero-order chi connectivity index (χ0) is 34.6. The molecule has 0 fully saturated rings. The van der Waals surface area contributed by atoms with E-state index in [4.69, 9.17) is 9.15 Å². The van der Waals surface area contributed by atoms with Crippen molar-refractivity contribution in [3.63, 3.8) is 0 Å². The van der Waals surface area contributed by atoms with Gasteiger partial charge in [0.05, 0.1) is 0 Å². The van der Waals surface area contributed by atoms with Crippen molar-refractivity contribution in [2.24, 2.45) is 0 Å². The van der Waals surface area contributed by atoms with Crippen molar-refractivity contribution >= 4 is 39.0 Å². The lowest BCUT2D eigenvalue weighted by atomic mass is 9.93. The predicted octanol–water partition coefficient (Wildman–Crippen LogP) is 13.5. The van der Waals surface area contributed by atoms with Crippen molar-refractivity contribution in [3.8, 4) is 61.8 Å². The van der Waals surface area contributed by atoms with Crippen LogP contribution in [0.4, 0.5) is 17.1 Å². The topological polar surface area (TPSA) is 45.8 Å². The second-order valence-corrected chi connectivity index (χ2v) is 13.1. The number of rotatable bonds is 5. The van der Waals surface area contributed by atoms with E-state index in [1.165, 1.54) is 0 Å². The molecular formula is C48H31NO3. The molecule has 0 bridgehead atoms. The number of hydrogen-bond acceptors (Lipinski definition) is 4. The molecule has 0 saturated carbocycles. The number of ether oxygens (including phenoxy) is 1. The van der Waals surface area contributed by atoms with Crippen LogP contribution in [0.5, 0.6) is 17.2 Å². The molecule has 1 aliphatic heterocycles. The Balaban J connectivity index is 1.19. The normalized spacial score (nSPS) is 11.7. The molecule has 52 heavy (non-hydrogen) atoms. The highest BCUT2D eigenvalue weighted by molar-refractivity contribution is 6.06. The summed E-state index contributed by atoms with van der Waals surface area (Å²) < 4.78 is 12.9. The van der Waals surface area contributed by atoms with Gasteiger partial charge in [-0.1, -0.05) is 115 Å². The van der Waals surface area contributed by atoms with Crippen molar-refractivity contribution in [2.75, 3.05) is 4.90 Å². The van der Waals surface area contributed by atoms with Gasteiger partial charge >= 0.3 is 0 Å². The van der Waals surface area contributed by atoms with Gasteiger partial charge in [-0.2, -0.15) is 0 Å². The standard InChI is InChI=1S/C48H31NO3/c50-44-21-8-5-18-39(44)36-15-2-1-14-35(36)31-12-11-13-32(28-31)49(34-25-27-48-43(30-34)41-20-7-10-23-46(41)52-48)33-24-26-47-42(29-33)38-17-4-3-16-37(38)40-19-6-9-22-45(40)51-47/h1-30,50H. The number of fused-ring (bicyclic) bond motifs is 8. The zero-order valence-electron chi connectivity index (χ0n) is 28.0. The minimum atomic E-state index is 0.253. The van der Waals surface area contributed by atoms with Crippen molar-refractivity contribution in [3.05, 3.63) is 182 Å². The summed E-state index contributed by atoms with van der Waals surface area (Å²) in [6.07, 6.45) is 0. The average molecular weight is 670 g/mol. The molecular weight excluding hydrogens is 639 g/mol. The third kappa shape index (κ3) is 4.92. The van der Waals surface area contributed by atoms with Gasteiger partial charge in [-0.15, -0.1) is 0 Å². The summed E-state index contributed by atoms with van der Waals surface area (Å²) in [5, 5.41) is 13.0. The maximum Gasteiger partial charge on any atom is 0.135 e. The van der Waals surface area contributed by atoms with Crippen LogP contribution in [0, 0.1) is 0 Å². The van der Waals surface area contributed by atoms with Gasteiger partial charge in [0.1, 0.15) is 28.4 Å². The van der Waals surface area contributed by atoms with E-state index in [1.54, 1.807) is 6.07 Å². The number of anilines is 3. The minimum Gasteiger partial charge on any atom is -0.507 e. The van der Waals surface area contributed by atoms with E-state index >= 15 is 0 Å². The molecule has 0 unspecified atom stereocenters. The van der Waals surface area contributed by atoms with Gasteiger partial charge in [-0.25, -0.2) is 0 Å². The fraction of sp³-hybridized carbons (Fsp3) is 0. The van der Waals surface area contributed by atoms with Crippen molar-refractivity contribution in [2.45, 2.75) is 0 Å². The van der Waals surface area contributed by atoms with E-state index in [2.05, 4.69) is 126 Å². The van der Waals surface area contributed by atoms with Gasteiger partial charge in [0.15, 0.2) is 0 Å². The van der Waals surface area contributed by atoms with Crippen LogP contribution in [0.15, 0.2) is 186 Å². The van der Waals surface area contributed by atoms with Crippen LogP contribution in [0.2, 0.25) is 0 Å². The number of aromatic hydroxyl groups is 1.